The molecule has 0 amide bonds. The molecule has 0 saturated heterocycles. The monoisotopic (exact) mass is 494 g/mol. The predicted octanol–water partition coefficient (Wildman–Crippen LogP) is 5.89. The van der Waals surface area contributed by atoms with E-state index in [0.717, 1.165) is 12.8 Å². The van der Waals surface area contributed by atoms with Crippen LogP contribution in [0.5, 0.6) is 0 Å². The third kappa shape index (κ3) is 3.90. The number of carbonyl (C=O) groups is 1. The number of carbonyl (C=O) groups excluding carboxylic acids is 1. The third-order valence-corrected chi connectivity index (χ3v) is 14.0. The van der Waals surface area contributed by atoms with Crippen LogP contribution in [-0.2, 0) is 9.53 Å². The van der Waals surface area contributed by atoms with Crippen molar-refractivity contribution in [1.82, 2.24) is 0 Å². The van der Waals surface area contributed by atoms with Gasteiger partial charge in [-0.05, 0) is 0 Å². The standard InChI is InChI=1S/C30H35O2P.ClH/c1-29(2)23-19-20-30(29,3)27(21-23)32-28(31)22-33(24-13-7-4-8-14-24,25-15-9-5-10-16-25)26-17-11-6-12-18-26;/h4-18,23,27,33H,19-22H2,1-3H3;1H/t23-,27+,30+;/m1./s1. The Bertz CT molecular complexity index is 1020. The fourth-order valence-electron chi connectivity index (χ4n) is 6.70. The van der Waals surface area contributed by atoms with Crippen molar-refractivity contribution in [3.8, 4) is 0 Å². The van der Waals surface area contributed by atoms with Crippen molar-refractivity contribution in [2.45, 2.75) is 46.1 Å². The molecule has 2 fully saturated rings. The van der Waals surface area contributed by atoms with E-state index in [-0.39, 0.29) is 35.3 Å². The van der Waals surface area contributed by atoms with Crippen LogP contribution in [0.4, 0.5) is 0 Å². The van der Waals surface area contributed by atoms with Gasteiger partial charge in [0.1, 0.15) is 0 Å². The van der Waals surface area contributed by atoms with E-state index in [2.05, 4.69) is 112 Å². The predicted molar refractivity (Wildman–Crippen MR) is 148 cm³/mol. The van der Waals surface area contributed by atoms with Gasteiger partial charge in [0.2, 0.25) is 0 Å². The topological polar surface area (TPSA) is 26.3 Å². The SMILES string of the molecule is CC1(C)[C@@H]2CC[C@@]1(C)[C@@H](OC(=O)C[PH](c1ccccc1)(c1ccccc1)c1ccccc1)C2.Cl. The van der Waals surface area contributed by atoms with Crippen LogP contribution in [0, 0.1) is 16.7 Å². The van der Waals surface area contributed by atoms with Gasteiger partial charge in [-0.3, -0.25) is 0 Å². The van der Waals surface area contributed by atoms with E-state index < -0.39 is 7.26 Å². The van der Waals surface area contributed by atoms with Gasteiger partial charge in [0.25, 0.3) is 0 Å². The van der Waals surface area contributed by atoms with Crippen LogP contribution in [-0.4, -0.2) is 18.2 Å². The molecular formula is C30H36ClO2P. The summed E-state index contributed by atoms with van der Waals surface area (Å²) in [4.78, 5) is 13.8. The minimum absolute atomic E-state index is 0. The van der Waals surface area contributed by atoms with Crippen LogP contribution in [0.3, 0.4) is 0 Å². The molecule has 34 heavy (non-hydrogen) atoms. The molecule has 4 heteroatoms. The largest absolute Gasteiger partial charge is 0.147 e. The maximum atomic E-state index is 13.8. The summed E-state index contributed by atoms with van der Waals surface area (Å²) in [5.41, 5.74) is 0.300. The molecule has 2 nitrogen and oxygen atoms in total. The summed E-state index contributed by atoms with van der Waals surface area (Å²) in [6.45, 7) is 7.08. The molecule has 3 aromatic rings. The zero-order valence-corrected chi connectivity index (χ0v) is 22.2. The second-order valence-corrected chi connectivity index (χ2v) is 14.7. The molecule has 2 aliphatic carbocycles. The van der Waals surface area contributed by atoms with Crippen LogP contribution in [0.1, 0.15) is 40.0 Å². The molecule has 180 valence electrons. The van der Waals surface area contributed by atoms with Crippen molar-refractivity contribution >= 4 is 41.6 Å². The van der Waals surface area contributed by atoms with Gasteiger partial charge < -0.3 is 0 Å². The second kappa shape index (κ2) is 9.48. The minimum Gasteiger partial charge on any atom is -0.147 e. The van der Waals surface area contributed by atoms with Gasteiger partial charge in [-0.25, -0.2) is 0 Å². The number of halogens is 1. The van der Waals surface area contributed by atoms with Crippen LogP contribution >= 0.6 is 19.7 Å². The first kappa shape index (κ1) is 25.0. The van der Waals surface area contributed by atoms with Gasteiger partial charge in [0, 0.05) is 0 Å². The number of fused-ring (bicyclic) bond motifs is 2. The number of benzene rings is 3. The van der Waals surface area contributed by atoms with E-state index in [4.69, 9.17) is 4.74 Å². The van der Waals surface area contributed by atoms with Crippen LogP contribution in [0.2, 0.25) is 0 Å². The Morgan fingerprint density at radius 3 is 1.62 bits per heavy atom. The molecule has 3 atom stereocenters. The van der Waals surface area contributed by atoms with Crippen LogP contribution in [0.25, 0.3) is 0 Å². The van der Waals surface area contributed by atoms with Crippen molar-refractivity contribution in [1.29, 1.82) is 0 Å². The summed E-state index contributed by atoms with van der Waals surface area (Å²) >= 11 is 0. The summed E-state index contributed by atoms with van der Waals surface area (Å²) in [7, 11) is -2.61. The molecule has 2 saturated carbocycles. The molecule has 0 spiro atoms. The number of esters is 1. The van der Waals surface area contributed by atoms with E-state index in [1.54, 1.807) is 0 Å². The maximum Gasteiger partial charge on any atom is -0.147 e. The fraction of sp³-hybridized carbons (Fsp3) is 0.367. The summed E-state index contributed by atoms with van der Waals surface area (Å²) < 4.78 is 6.40. The first-order valence-corrected chi connectivity index (χ1v) is 14.4. The fourth-order valence-corrected chi connectivity index (χ4v) is 11.1. The molecule has 0 aliphatic heterocycles. The first-order chi connectivity index (χ1) is 15.9. The van der Waals surface area contributed by atoms with Crippen LogP contribution in [0.15, 0.2) is 91.0 Å². The maximum absolute atomic E-state index is 13.8. The first-order valence-electron chi connectivity index (χ1n) is 12.2. The smallest absolute Gasteiger partial charge is 0.147 e. The molecule has 0 heterocycles. The van der Waals surface area contributed by atoms with E-state index in [1.165, 1.54) is 22.3 Å². The molecular weight excluding hydrogens is 459 g/mol. The Kier molecular flexibility index (Phi) is 6.96. The van der Waals surface area contributed by atoms with E-state index in [9.17, 15) is 4.79 Å². The summed E-state index contributed by atoms with van der Waals surface area (Å²) in [5.74, 6) is 0.604. The average Bonchev–Trinajstić information content (AvgIpc) is 3.18. The Hall–Kier alpha value is -2.15. The second-order valence-electron chi connectivity index (χ2n) is 10.8. The molecule has 2 aliphatic rings. The third-order valence-electron chi connectivity index (χ3n) is 9.20. The molecule has 3 aromatic carbocycles. The van der Waals surface area contributed by atoms with Crippen LogP contribution < -0.4 is 15.9 Å². The van der Waals surface area contributed by atoms with Gasteiger partial charge in [0.05, 0.1) is 0 Å². The number of rotatable bonds is 6. The molecule has 0 aromatic heterocycles. The van der Waals surface area contributed by atoms with Crippen molar-refractivity contribution in [3.63, 3.8) is 0 Å². The quantitative estimate of drug-likeness (QED) is 0.315. The molecule has 0 unspecified atom stereocenters. The molecule has 0 N–H and O–H groups in total. The van der Waals surface area contributed by atoms with Gasteiger partial charge in [-0.1, -0.05) is 0 Å². The summed E-state index contributed by atoms with van der Waals surface area (Å²) in [5, 5.41) is 3.75. The van der Waals surface area contributed by atoms with Crippen molar-refractivity contribution in [3.05, 3.63) is 91.0 Å². The van der Waals surface area contributed by atoms with Gasteiger partial charge in [0.15, 0.2) is 0 Å². The zero-order chi connectivity index (χ0) is 23.1. The van der Waals surface area contributed by atoms with Crippen molar-refractivity contribution < 1.29 is 9.53 Å². The van der Waals surface area contributed by atoms with Gasteiger partial charge >= 0.3 is 199 Å². The molecule has 5 rings (SSSR count). The molecule has 0 radical (unpaired) electrons. The van der Waals surface area contributed by atoms with E-state index >= 15 is 0 Å². The Balaban J connectivity index is 0.00000274. The van der Waals surface area contributed by atoms with Crippen molar-refractivity contribution in [2.24, 2.45) is 16.7 Å². The normalized spacial score (nSPS) is 25.4. The zero-order valence-electron chi connectivity index (χ0n) is 20.4. The number of hydrogen-bond donors (Lipinski definition) is 0. The van der Waals surface area contributed by atoms with Gasteiger partial charge in [-0.15, -0.1) is 12.4 Å². The number of ether oxygens (including phenoxy) is 1. The average molecular weight is 495 g/mol. The summed E-state index contributed by atoms with van der Waals surface area (Å²) in [6, 6.07) is 31.9. The number of hydrogen-bond acceptors (Lipinski definition) is 2. The molecule has 2 bridgehead atoms. The van der Waals surface area contributed by atoms with Gasteiger partial charge in [-0.2, -0.15) is 0 Å². The summed E-state index contributed by atoms with van der Waals surface area (Å²) in [6.07, 6.45) is 3.86. The van der Waals surface area contributed by atoms with Crippen molar-refractivity contribution in [2.75, 3.05) is 6.16 Å². The Labute approximate surface area is 210 Å². The van der Waals surface area contributed by atoms with E-state index in [0.29, 0.717) is 12.1 Å². The minimum atomic E-state index is -2.61. The Morgan fingerprint density at radius 1 is 0.824 bits per heavy atom. The van der Waals surface area contributed by atoms with E-state index in [1.807, 2.05) is 0 Å². The Morgan fingerprint density at radius 2 is 1.26 bits per heavy atom.